The van der Waals surface area contributed by atoms with Crippen molar-refractivity contribution in [1.29, 1.82) is 0 Å². The van der Waals surface area contributed by atoms with E-state index in [1.165, 1.54) is 5.56 Å². The van der Waals surface area contributed by atoms with Crippen molar-refractivity contribution < 1.29 is 4.52 Å². The Morgan fingerprint density at radius 1 is 1.20 bits per heavy atom. The SMILES string of the molecule is CCC(C)(C)POc1ccc(C)cc1.Cl. The minimum atomic E-state index is 0. The maximum Gasteiger partial charge on any atom is 0.122 e. The highest BCUT2D eigenvalue weighted by Gasteiger charge is 2.16. The van der Waals surface area contributed by atoms with E-state index in [9.17, 15) is 0 Å². The number of hydrogen-bond acceptors (Lipinski definition) is 1. The molecule has 1 atom stereocenters. The van der Waals surface area contributed by atoms with Crippen LogP contribution >= 0.6 is 21.2 Å². The van der Waals surface area contributed by atoms with Gasteiger partial charge >= 0.3 is 0 Å². The van der Waals surface area contributed by atoms with Gasteiger partial charge in [0.2, 0.25) is 0 Å². The quantitative estimate of drug-likeness (QED) is 0.707. The Morgan fingerprint density at radius 3 is 2.20 bits per heavy atom. The minimum absolute atomic E-state index is 0. The molecule has 1 aromatic carbocycles. The van der Waals surface area contributed by atoms with Gasteiger partial charge < -0.3 is 4.52 Å². The average molecular weight is 247 g/mol. The molecule has 0 saturated carbocycles. The zero-order valence-corrected chi connectivity index (χ0v) is 11.6. The van der Waals surface area contributed by atoms with Crippen molar-refractivity contribution in [3.05, 3.63) is 29.8 Å². The molecule has 0 aliphatic heterocycles. The first-order chi connectivity index (χ1) is 6.53. The van der Waals surface area contributed by atoms with E-state index < -0.39 is 0 Å². The van der Waals surface area contributed by atoms with Gasteiger partial charge in [0.1, 0.15) is 5.75 Å². The van der Waals surface area contributed by atoms with E-state index in [4.69, 9.17) is 4.52 Å². The molecule has 0 N–H and O–H groups in total. The van der Waals surface area contributed by atoms with Crippen LogP contribution < -0.4 is 4.52 Å². The summed E-state index contributed by atoms with van der Waals surface area (Å²) in [5, 5.41) is 0.297. The minimum Gasteiger partial charge on any atom is -0.477 e. The Morgan fingerprint density at radius 2 is 1.73 bits per heavy atom. The summed E-state index contributed by atoms with van der Waals surface area (Å²) in [5.41, 5.74) is 1.27. The zero-order valence-electron chi connectivity index (χ0n) is 9.83. The molecule has 1 aromatic rings. The summed E-state index contributed by atoms with van der Waals surface area (Å²) in [4.78, 5) is 0. The number of rotatable bonds is 4. The van der Waals surface area contributed by atoms with Crippen LogP contribution in [0.25, 0.3) is 0 Å². The van der Waals surface area contributed by atoms with Crippen molar-refractivity contribution in [2.75, 3.05) is 0 Å². The second kappa shape index (κ2) is 6.35. The molecule has 0 aliphatic rings. The molecule has 0 spiro atoms. The molecule has 15 heavy (non-hydrogen) atoms. The van der Waals surface area contributed by atoms with Gasteiger partial charge in [-0.25, -0.2) is 0 Å². The monoisotopic (exact) mass is 246 g/mol. The molecule has 86 valence electrons. The van der Waals surface area contributed by atoms with Crippen molar-refractivity contribution >= 4 is 21.2 Å². The van der Waals surface area contributed by atoms with Crippen LogP contribution in [0.2, 0.25) is 0 Å². The Labute approximate surface area is 101 Å². The lowest BCUT2D eigenvalue weighted by Crippen LogP contribution is -2.11. The smallest absolute Gasteiger partial charge is 0.122 e. The standard InChI is InChI=1S/C12H19OP.ClH/c1-5-12(3,4)14-13-11-8-6-10(2)7-9-11;/h6-9,14H,5H2,1-4H3;1H. The molecule has 0 amide bonds. The molecule has 0 bridgehead atoms. The number of hydrogen-bond donors (Lipinski definition) is 0. The fraction of sp³-hybridized carbons (Fsp3) is 0.500. The molecule has 1 nitrogen and oxygen atoms in total. The molecule has 3 heteroatoms. The highest BCUT2D eigenvalue weighted by Crippen LogP contribution is 2.35. The van der Waals surface area contributed by atoms with Gasteiger partial charge in [0.15, 0.2) is 0 Å². The number of benzene rings is 1. The lowest BCUT2D eigenvalue weighted by atomic mass is 10.1. The van der Waals surface area contributed by atoms with Crippen LogP contribution in [0.5, 0.6) is 5.75 Å². The summed E-state index contributed by atoms with van der Waals surface area (Å²) in [5.74, 6) is 0.982. The van der Waals surface area contributed by atoms with Crippen molar-refractivity contribution in [2.45, 2.75) is 39.3 Å². The van der Waals surface area contributed by atoms with E-state index in [0.29, 0.717) is 14.0 Å². The summed E-state index contributed by atoms with van der Waals surface area (Å²) in [7, 11) is 0.533. The maximum atomic E-state index is 5.74. The molecule has 1 unspecified atom stereocenters. The van der Waals surface area contributed by atoms with Crippen LogP contribution in [0.4, 0.5) is 0 Å². The maximum absolute atomic E-state index is 5.74. The third-order valence-corrected chi connectivity index (χ3v) is 3.59. The average Bonchev–Trinajstić information content (AvgIpc) is 2.17. The van der Waals surface area contributed by atoms with Crippen LogP contribution in [0.1, 0.15) is 32.8 Å². The topological polar surface area (TPSA) is 9.23 Å². The molecule has 0 saturated heterocycles. The van der Waals surface area contributed by atoms with Gasteiger partial charge in [0.25, 0.3) is 0 Å². The van der Waals surface area contributed by atoms with Gasteiger partial charge in [-0.1, -0.05) is 38.5 Å². The normalized spacial score (nSPS) is 11.5. The second-order valence-corrected chi connectivity index (χ2v) is 6.02. The van der Waals surface area contributed by atoms with Gasteiger partial charge in [-0.05, 0) is 25.5 Å². The summed E-state index contributed by atoms with van der Waals surface area (Å²) < 4.78 is 5.74. The van der Waals surface area contributed by atoms with Crippen molar-refractivity contribution in [3.63, 3.8) is 0 Å². The van der Waals surface area contributed by atoms with Crippen molar-refractivity contribution in [3.8, 4) is 5.75 Å². The molecule has 0 heterocycles. The molecule has 0 aromatic heterocycles. The van der Waals surface area contributed by atoms with Crippen LogP contribution in [0.3, 0.4) is 0 Å². The van der Waals surface area contributed by atoms with Gasteiger partial charge in [0, 0.05) is 5.16 Å². The molecule has 0 fully saturated rings. The third kappa shape index (κ3) is 5.39. The lowest BCUT2D eigenvalue weighted by Gasteiger charge is -2.21. The Bertz CT molecular complexity index is 282. The summed E-state index contributed by atoms with van der Waals surface area (Å²) in [6.07, 6.45) is 1.15. The number of aryl methyl sites for hydroxylation is 1. The molecule has 0 radical (unpaired) electrons. The van der Waals surface area contributed by atoms with E-state index in [0.717, 1.165) is 12.2 Å². The van der Waals surface area contributed by atoms with E-state index in [1.807, 2.05) is 12.1 Å². The largest absolute Gasteiger partial charge is 0.477 e. The van der Waals surface area contributed by atoms with Gasteiger partial charge in [-0.3, -0.25) is 0 Å². The van der Waals surface area contributed by atoms with Crippen molar-refractivity contribution in [1.82, 2.24) is 0 Å². The molecular formula is C12H20ClOP. The zero-order chi connectivity index (χ0) is 10.6. The van der Waals surface area contributed by atoms with E-state index in [-0.39, 0.29) is 12.4 Å². The highest BCUT2D eigenvalue weighted by molar-refractivity contribution is 7.34. The Balaban J connectivity index is 0.00000196. The van der Waals surface area contributed by atoms with E-state index in [2.05, 4.69) is 39.8 Å². The first kappa shape index (κ1) is 14.7. The van der Waals surface area contributed by atoms with Crippen LogP contribution in [-0.4, -0.2) is 5.16 Å². The predicted octanol–water partition coefficient (Wildman–Crippen LogP) is 4.58. The summed E-state index contributed by atoms with van der Waals surface area (Å²) in [6, 6.07) is 8.24. The summed E-state index contributed by atoms with van der Waals surface area (Å²) >= 11 is 0. The molecule has 0 aliphatic carbocycles. The highest BCUT2D eigenvalue weighted by atomic mass is 35.5. The number of halogens is 1. The fourth-order valence-electron chi connectivity index (χ4n) is 0.876. The Kier molecular flexibility index (Phi) is 6.24. The van der Waals surface area contributed by atoms with E-state index >= 15 is 0 Å². The fourth-order valence-corrected chi connectivity index (χ4v) is 1.55. The second-order valence-electron chi connectivity index (χ2n) is 4.25. The van der Waals surface area contributed by atoms with Crippen LogP contribution in [0.15, 0.2) is 24.3 Å². The first-order valence-corrected chi connectivity index (χ1v) is 5.95. The lowest BCUT2D eigenvalue weighted by molar-refractivity contribution is 0.569. The van der Waals surface area contributed by atoms with Crippen LogP contribution in [-0.2, 0) is 0 Å². The van der Waals surface area contributed by atoms with Gasteiger partial charge in [-0.2, -0.15) is 0 Å². The van der Waals surface area contributed by atoms with Gasteiger partial charge in [0.05, 0.1) is 8.81 Å². The van der Waals surface area contributed by atoms with Crippen LogP contribution in [0, 0.1) is 6.92 Å². The van der Waals surface area contributed by atoms with Gasteiger partial charge in [-0.15, -0.1) is 12.4 Å². The van der Waals surface area contributed by atoms with E-state index in [1.54, 1.807) is 0 Å². The Hall–Kier alpha value is -0.260. The predicted molar refractivity (Wildman–Crippen MR) is 71.7 cm³/mol. The van der Waals surface area contributed by atoms with Crippen molar-refractivity contribution in [2.24, 2.45) is 0 Å². The first-order valence-electron chi connectivity index (χ1n) is 5.04. The summed E-state index contributed by atoms with van der Waals surface area (Å²) in [6.45, 7) is 8.76. The molecule has 1 rings (SSSR count). The molecular weight excluding hydrogens is 227 g/mol. The third-order valence-electron chi connectivity index (χ3n) is 2.35.